The van der Waals surface area contributed by atoms with Crippen molar-refractivity contribution >= 4 is 0 Å². The van der Waals surface area contributed by atoms with Gasteiger partial charge in [0.15, 0.2) is 0 Å². The highest BCUT2D eigenvalue weighted by molar-refractivity contribution is 4.98. The van der Waals surface area contributed by atoms with E-state index in [2.05, 4.69) is 25.7 Å². The molecule has 118 valence electrons. The summed E-state index contributed by atoms with van der Waals surface area (Å²) in [7, 11) is 0. The van der Waals surface area contributed by atoms with E-state index in [1.807, 2.05) is 0 Å². The molecule has 0 spiro atoms. The van der Waals surface area contributed by atoms with Crippen LogP contribution in [0.15, 0.2) is 0 Å². The van der Waals surface area contributed by atoms with Gasteiger partial charge in [-0.25, -0.2) is 0 Å². The number of rotatable bonds is 5. The van der Waals surface area contributed by atoms with Gasteiger partial charge >= 0.3 is 0 Å². The summed E-state index contributed by atoms with van der Waals surface area (Å²) < 4.78 is 0. The number of hydrogen-bond acceptors (Lipinski definition) is 2. The molecule has 0 amide bonds. The first kappa shape index (κ1) is 16.3. The largest absolute Gasteiger partial charge is 0.329 e. The van der Waals surface area contributed by atoms with E-state index >= 15 is 0 Å². The minimum absolute atomic E-state index is 0.310. The zero-order chi connectivity index (χ0) is 14.6. The van der Waals surface area contributed by atoms with Gasteiger partial charge in [-0.3, -0.25) is 4.90 Å². The van der Waals surface area contributed by atoms with Crippen molar-refractivity contribution < 1.29 is 0 Å². The van der Waals surface area contributed by atoms with Gasteiger partial charge in [0.1, 0.15) is 0 Å². The van der Waals surface area contributed by atoms with E-state index in [1.54, 1.807) is 0 Å². The Bertz CT molecular complexity index is 283. The maximum absolute atomic E-state index is 6.36. The van der Waals surface area contributed by atoms with Crippen LogP contribution in [-0.4, -0.2) is 29.6 Å². The molecule has 2 fully saturated rings. The highest BCUT2D eigenvalue weighted by Gasteiger charge is 2.41. The summed E-state index contributed by atoms with van der Waals surface area (Å²) in [6, 6.07) is 0.814. The van der Waals surface area contributed by atoms with Crippen LogP contribution >= 0.6 is 0 Å². The third kappa shape index (κ3) is 3.76. The highest BCUT2D eigenvalue weighted by atomic mass is 15.2. The maximum Gasteiger partial charge on any atom is 0.0334 e. The Morgan fingerprint density at radius 2 is 1.75 bits per heavy atom. The molecule has 0 saturated heterocycles. The monoisotopic (exact) mass is 280 g/mol. The lowest BCUT2D eigenvalue weighted by molar-refractivity contribution is 0.0252. The molecule has 2 heteroatoms. The third-order valence-electron chi connectivity index (χ3n) is 5.76. The highest BCUT2D eigenvalue weighted by Crippen LogP contribution is 2.39. The molecule has 2 rings (SSSR count). The summed E-state index contributed by atoms with van der Waals surface area (Å²) >= 11 is 0. The standard InChI is InChI=1S/C18H36N2/c1-15(2)13-20(17-8-4-5-9-17)18(14-19)11-6-7-16(3)10-12-18/h15-17H,4-14,19H2,1-3H3. The molecular weight excluding hydrogens is 244 g/mol. The van der Waals surface area contributed by atoms with Crippen LogP contribution in [0.1, 0.15) is 78.6 Å². The first-order valence-electron chi connectivity index (χ1n) is 9.04. The first-order valence-corrected chi connectivity index (χ1v) is 9.04. The van der Waals surface area contributed by atoms with Crippen molar-refractivity contribution in [2.45, 2.75) is 90.1 Å². The van der Waals surface area contributed by atoms with Crippen LogP contribution in [0.5, 0.6) is 0 Å². The van der Waals surface area contributed by atoms with Crippen LogP contribution in [0.3, 0.4) is 0 Å². The van der Waals surface area contributed by atoms with Crippen molar-refractivity contribution in [1.82, 2.24) is 4.90 Å². The van der Waals surface area contributed by atoms with E-state index < -0.39 is 0 Å². The molecule has 0 heterocycles. The normalized spacial score (nSPS) is 33.0. The molecule has 0 aromatic carbocycles. The lowest BCUT2D eigenvalue weighted by atomic mass is 9.85. The Kier molecular flexibility index (Phi) is 5.92. The van der Waals surface area contributed by atoms with E-state index in [-0.39, 0.29) is 0 Å². The van der Waals surface area contributed by atoms with Crippen LogP contribution in [0, 0.1) is 11.8 Å². The molecule has 2 nitrogen and oxygen atoms in total. The smallest absolute Gasteiger partial charge is 0.0334 e. The van der Waals surface area contributed by atoms with Crippen LogP contribution in [0.4, 0.5) is 0 Å². The molecule has 2 unspecified atom stereocenters. The van der Waals surface area contributed by atoms with Crippen molar-refractivity contribution in [2.75, 3.05) is 13.1 Å². The lowest BCUT2D eigenvalue weighted by Crippen LogP contribution is -2.58. The zero-order valence-electron chi connectivity index (χ0n) is 14.0. The fraction of sp³-hybridized carbons (Fsp3) is 1.00. The summed E-state index contributed by atoms with van der Waals surface area (Å²) in [5, 5.41) is 0. The Morgan fingerprint density at radius 3 is 2.35 bits per heavy atom. The molecule has 0 bridgehead atoms. The molecule has 2 aliphatic rings. The van der Waals surface area contributed by atoms with Gasteiger partial charge in [0.05, 0.1) is 0 Å². The second-order valence-corrected chi connectivity index (χ2v) is 7.95. The maximum atomic E-state index is 6.36. The van der Waals surface area contributed by atoms with Crippen molar-refractivity contribution in [3.63, 3.8) is 0 Å². The molecular formula is C18H36N2. The summed E-state index contributed by atoms with van der Waals surface area (Å²) in [6.07, 6.45) is 12.5. The molecule has 2 saturated carbocycles. The van der Waals surface area contributed by atoms with Crippen molar-refractivity contribution in [2.24, 2.45) is 17.6 Å². The average molecular weight is 280 g/mol. The summed E-state index contributed by atoms with van der Waals surface area (Å²) in [4.78, 5) is 2.88. The number of hydrogen-bond donors (Lipinski definition) is 1. The molecule has 0 aliphatic heterocycles. The topological polar surface area (TPSA) is 29.3 Å². The molecule has 0 aromatic heterocycles. The van der Waals surface area contributed by atoms with Crippen molar-refractivity contribution in [3.8, 4) is 0 Å². The summed E-state index contributed by atoms with van der Waals surface area (Å²) in [6.45, 7) is 9.27. The molecule has 20 heavy (non-hydrogen) atoms. The van der Waals surface area contributed by atoms with Gasteiger partial charge in [-0.05, 0) is 43.9 Å². The molecule has 2 aliphatic carbocycles. The summed E-state index contributed by atoms with van der Waals surface area (Å²) in [5.74, 6) is 1.65. The van der Waals surface area contributed by atoms with Gasteiger partial charge in [0.25, 0.3) is 0 Å². The van der Waals surface area contributed by atoms with Gasteiger partial charge in [0.2, 0.25) is 0 Å². The predicted octanol–water partition coefficient (Wildman–Crippen LogP) is 4.18. The molecule has 2 N–H and O–H groups in total. The van der Waals surface area contributed by atoms with Gasteiger partial charge in [-0.1, -0.05) is 46.5 Å². The average Bonchev–Trinajstić information content (AvgIpc) is 2.87. The third-order valence-corrected chi connectivity index (χ3v) is 5.76. The zero-order valence-corrected chi connectivity index (χ0v) is 14.0. The van der Waals surface area contributed by atoms with Gasteiger partial charge in [-0.15, -0.1) is 0 Å². The second kappa shape index (κ2) is 7.26. The molecule has 0 aromatic rings. The SMILES string of the molecule is CC(C)CN(C1CCCC1)C1(CN)CCCC(C)CC1. The quantitative estimate of drug-likeness (QED) is 0.765. The summed E-state index contributed by atoms with van der Waals surface area (Å²) in [5.41, 5.74) is 6.67. The minimum Gasteiger partial charge on any atom is -0.329 e. The van der Waals surface area contributed by atoms with Crippen LogP contribution < -0.4 is 5.73 Å². The Labute approximate surface area is 126 Å². The minimum atomic E-state index is 0.310. The van der Waals surface area contributed by atoms with E-state index in [1.165, 1.54) is 64.3 Å². The Hall–Kier alpha value is -0.0800. The van der Waals surface area contributed by atoms with E-state index in [0.717, 1.165) is 24.4 Å². The van der Waals surface area contributed by atoms with Crippen molar-refractivity contribution in [1.29, 1.82) is 0 Å². The molecule has 0 radical (unpaired) electrons. The Morgan fingerprint density at radius 1 is 1.05 bits per heavy atom. The van der Waals surface area contributed by atoms with Crippen LogP contribution in [-0.2, 0) is 0 Å². The fourth-order valence-electron chi connectivity index (χ4n) is 4.51. The van der Waals surface area contributed by atoms with E-state index in [4.69, 9.17) is 5.73 Å². The number of nitrogens with two attached hydrogens (primary N) is 1. The van der Waals surface area contributed by atoms with E-state index in [9.17, 15) is 0 Å². The van der Waals surface area contributed by atoms with Crippen LogP contribution in [0.25, 0.3) is 0 Å². The predicted molar refractivity (Wildman–Crippen MR) is 87.8 cm³/mol. The van der Waals surface area contributed by atoms with Gasteiger partial charge in [-0.2, -0.15) is 0 Å². The second-order valence-electron chi connectivity index (χ2n) is 7.95. The fourth-order valence-corrected chi connectivity index (χ4v) is 4.51. The Balaban J connectivity index is 2.17. The number of nitrogens with zero attached hydrogens (tertiary/aromatic N) is 1. The lowest BCUT2D eigenvalue weighted by Gasteiger charge is -2.47. The first-order chi connectivity index (χ1) is 9.57. The van der Waals surface area contributed by atoms with Crippen LogP contribution in [0.2, 0.25) is 0 Å². The van der Waals surface area contributed by atoms with E-state index in [0.29, 0.717) is 5.54 Å². The molecule has 2 atom stereocenters. The van der Waals surface area contributed by atoms with Crippen molar-refractivity contribution in [3.05, 3.63) is 0 Å². The van der Waals surface area contributed by atoms with Gasteiger partial charge < -0.3 is 5.73 Å². The van der Waals surface area contributed by atoms with Gasteiger partial charge in [0, 0.05) is 24.7 Å².